The number of carboxylic acid groups (broad SMARTS) is 1. The summed E-state index contributed by atoms with van der Waals surface area (Å²) in [5, 5.41) is 11.0. The van der Waals surface area contributed by atoms with Crippen LogP contribution < -0.4 is 28.9 Å². The molecule has 1 atom stereocenters. The first-order chi connectivity index (χ1) is 14.1. The third-order valence-electron chi connectivity index (χ3n) is 5.35. The van der Waals surface area contributed by atoms with Crippen LogP contribution in [-0.2, 0) is 20.9 Å². The summed E-state index contributed by atoms with van der Waals surface area (Å²) in [4.78, 5) is 41.0. The van der Waals surface area contributed by atoms with E-state index in [-0.39, 0.29) is 43.8 Å². The molecule has 2 aliphatic rings. The average Bonchev–Trinajstić information content (AvgIpc) is 2.90. The van der Waals surface area contributed by atoms with Crippen LogP contribution in [0.25, 0.3) is 0 Å². The van der Waals surface area contributed by atoms with Crippen molar-refractivity contribution in [1.82, 2.24) is 9.80 Å². The molecule has 8 nitrogen and oxygen atoms in total. The summed E-state index contributed by atoms with van der Waals surface area (Å²) in [5.74, 6) is -2.11. The van der Waals surface area contributed by atoms with E-state index in [1.165, 1.54) is 4.90 Å². The molecule has 0 aliphatic carbocycles. The molecule has 31 heavy (non-hydrogen) atoms. The Bertz CT molecular complexity index is 793. The van der Waals surface area contributed by atoms with Crippen molar-refractivity contribution in [2.45, 2.75) is 45.8 Å². The molecule has 0 saturated carbocycles. The van der Waals surface area contributed by atoms with Gasteiger partial charge >= 0.3 is 25.0 Å². The van der Waals surface area contributed by atoms with E-state index >= 15 is 0 Å². The van der Waals surface area contributed by atoms with E-state index in [0.29, 0.717) is 18.8 Å². The van der Waals surface area contributed by atoms with Gasteiger partial charge in [-0.3, -0.25) is 9.69 Å². The second kappa shape index (κ2) is 10.5. The molecule has 0 spiro atoms. The van der Waals surface area contributed by atoms with Crippen LogP contribution in [0.1, 0.15) is 39.2 Å². The Kier molecular flexibility index (Phi) is 8.58. The van der Waals surface area contributed by atoms with Crippen LogP contribution in [0.15, 0.2) is 24.3 Å². The molecule has 0 radical (unpaired) electrons. The molecule has 2 amide bonds. The Morgan fingerprint density at radius 1 is 1.10 bits per heavy atom. The number of rotatable bonds is 4. The zero-order valence-corrected chi connectivity index (χ0v) is 18.9. The Balaban J connectivity index is 0.00000341. The summed E-state index contributed by atoms with van der Waals surface area (Å²) in [6.45, 7) is 9.47. The van der Waals surface area contributed by atoms with Crippen molar-refractivity contribution in [1.29, 1.82) is 0 Å². The molecule has 2 fully saturated rings. The summed E-state index contributed by atoms with van der Waals surface area (Å²) in [7, 11) is 0. The van der Waals surface area contributed by atoms with E-state index in [4.69, 9.17) is 4.74 Å². The smallest absolute Gasteiger partial charge is 0.550 e. The first kappa shape index (κ1) is 25.2. The third-order valence-corrected chi connectivity index (χ3v) is 5.35. The second-order valence-electron chi connectivity index (χ2n) is 8.99. The normalized spacial score (nSPS) is 20.2. The van der Waals surface area contributed by atoms with E-state index in [1.54, 1.807) is 4.90 Å². The summed E-state index contributed by atoms with van der Waals surface area (Å²) < 4.78 is 5.47. The number of carbonyl (C=O) groups excluding carboxylic acids is 3. The fraction of sp³-hybridized carbons (Fsp3) is 0.591. The van der Waals surface area contributed by atoms with E-state index in [1.807, 2.05) is 45.0 Å². The van der Waals surface area contributed by atoms with Gasteiger partial charge < -0.3 is 24.4 Å². The number of ether oxygens (including phenoxy) is 1. The van der Waals surface area contributed by atoms with Gasteiger partial charge in [0.1, 0.15) is 5.60 Å². The molecule has 2 aliphatic heterocycles. The number of anilines is 1. The molecule has 0 aromatic heterocycles. The number of amides is 2. The van der Waals surface area contributed by atoms with Crippen LogP contribution >= 0.6 is 0 Å². The van der Waals surface area contributed by atoms with Crippen LogP contribution in [-0.4, -0.2) is 66.1 Å². The molecule has 1 unspecified atom stereocenters. The summed E-state index contributed by atoms with van der Waals surface area (Å²) >= 11 is 0. The Morgan fingerprint density at radius 2 is 1.77 bits per heavy atom. The Hall–Kier alpha value is -2.01. The van der Waals surface area contributed by atoms with Crippen LogP contribution in [0.3, 0.4) is 0 Å². The SMILES string of the molecule is CC(C)(C)OC(=O)N1CCCN(Cc2ccc(N3CC(C(=O)[O-])CC3=O)cc2)CC1.[Li+]. The maximum absolute atomic E-state index is 12.3. The molecule has 3 rings (SSSR count). The van der Waals surface area contributed by atoms with Crippen molar-refractivity contribution >= 4 is 23.7 Å². The van der Waals surface area contributed by atoms with Gasteiger partial charge in [-0.05, 0) is 44.9 Å². The molecule has 164 valence electrons. The first-order valence-electron chi connectivity index (χ1n) is 10.4. The number of benzene rings is 1. The predicted molar refractivity (Wildman–Crippen MR) is 110 cm³/mol. The van der Waals surface area contributed by atoms with Crippen LogP contribution in [0.5, 0.6) is 0 Å². The van der Waals surface area contributed by atoms with Gasteiger partial charge in [-0.15, -0.1) is 0 Å². The van der Waals surface area contributed by atoms with E-state index in [0.717, 1.165) is 31.6 Å². The van der Waals surface area contributed by atoms with Crippen molar-refractivity contribution in [3.8, 4) is 0 Å². The Labute approximate surface area is 195 Å². The molecular formula is C22H30LiN3O5. The second-order valence-corrected chi connectivity index (χ2v) is 8.99. The fourth-order valence-electron chi connectivity index (χ4n) is 3.79. The molecule has 0 N–H and O–H groups in total. The van der Waals surface area contributed by atoms with Crippen molar-refractivity contribution in [3.05, 3.63) is 29.8 Å². The zero-order chi connectivity index (χ0) is 21.9. The Morgan fingerprint density at radius 3 is 2.35 bits per heavy atom. The molecule has 0 bridgehead atoms. The van der Waals surface area contributed by atoms with Gasteiger partial charge in [0.25, 0.3) is 0 Å². The molecule has 9 heteroatoms. The van der Waals surface area contributed by atoms with Gasteiger partial charge in [-0.2, -0.15) is 0 Å². The summed E-state index contributed by atoms with van der Waals surface area (Å²) in [5.41, 5.74) is 1.31. The maximum atomic E-state index is 12.3. The zero-order valence-electron chi connectivity index (χ0n) is 18.9. The minimum Gasteiger partial charge on any atom is -0.550 e. The number of carbonyl (C=O) groups is 3. The van der Waals surface area contributed by atoms with Gasteiger partial charge in [0.15, 0.2) is 0 Å². The average molecular weight is 423 g/mol. The minimum absolute atomic E-state index is 0. The van der Waals surface area contributed by atoms with Gasteiger partial charge in [0.05, 0.1) is 0 Å². The number of hydrogen-bond donors (Lipinski definition) is 0. The number of hydrogen-bond acceptors (Lipinski definition) is 6. The quantitative estimate of drug-likeness (QED) is 0.533. The largest absolute Gasteiger partial charge is 1.00 e. The van der Waals surface area contributed by atoms with Gasteiger partial charge in [0, 0.05) is 63.3 Å². The molecule has 2 heterocycles. The fourth-order valence-corrected chi connectivity index (χ4v) is 3.79. The van der Waals surface area contributed by atoms with E-state index in [2.05, 4.69) is 4.90 Å². The first-order valence-corrected chi connectivity index (χ1v) is 10.4. The van der Waals surface area contributed by atoms with Crippen LogP contribution in [0.4, 0.5) is 10.5 Å². The molecule has 2 saturated heterocycles. The standard InChI is InChI=1S/C22H31N3O5.Li/c1-22(2,3)30-21(29)24-10-4-9-23(11-12-24)14-16-5-7-18(8-6-16)25-15-17(20(27)28)13-19(25)26;/h5-8,17H,4,9-15H2,1-3H3,(H,27,28);/q;+1/p-1. The van der Waals surface area contributed by atoms with Crippen molar-refractivity contribution in [2.24, 2.45) is 5.92 Å². The topological polar surface area (TPSA) is 93.2 Å². The van der Waals surface area contributed by atoms with Crippen molar-refractivity contribution < 1.29 is 43.1 Å². The van der Waals surface area contributed by atoms with Crippen molar-refractivity contribution in [3.63, 3.8) is 0 Å². The van der Waals surface area contributed by atoms with E-state index in [9.17, 15) is 19.5 Å². The monoisotopic (exact) mass is 423 g/mol. The van der Waals surface area contributed by atoms with Crippen molar-refractivity contribution in [2.75, 3.05) is 37.6 Å². The number of nitrogens with zero attached hydrogens (tertiary/aromatic N) is 3. The van der Waals surface area contributed by atoms with Crippen LogP contribution in [0.2, 0.25) is 0 Å². The molecular weight excluding hydrogens is 393 g/mol. The third kappa shape index (κ3) is 6.99. The van der Waals surface area contributed by atoms with E-state index < -0.39 is 17.5 Å². The summed E-state index contributed by atoms with van der Waals surface area (Å²) in [6.07, 6.45) is 0.606. The number of aliphatic carboxylic acids is 1. The minimum atomic E-state index is -1.18. The van der Waals surface area contributed by atoms with Gasteiger partial charge in [-0.1, -0.05) is 12.1 Å². The summed E-state index contributed by atoms with van der Waals surface area (Å²) in [6, 6.07) is 7.64. The molecule has 1 aromatic carbocycles. The van der Waals surface area contributed by atoms with Gasteiger partial charge in [-0.25, -0.2) is 4.79 Å². The molecule has 1 aromatic rings. The van der Waals surface area contributed by atoms with Crippen LogP contribution in [0, 0.1) is 5.92 Å². The maximum Gasteiger partial charge on any atom is 1.00 e. The number of carboxylic acids is 1. The van der Waals surface area contributed by atoms with Gasteiger partial charge in [0.2, 0.25) is 5.91 Å². The predicted octanol–water partition coefficient (Wildman–Crippen LogP) is -1.76.